The number of aromatic nitrogens is 1. The normalized spacial score (nSPS) is 16.2. The fourth-order valence-corrected chi connectivity index (χ4v) is 1.71. The quantitative estimate of drug-likeness (QED) is 0.781. The molecule has 0 bridgehead atoms. The van der Waals surface area contributed by atoms with Crippen molar-refractivity contribution < 1.29 is 13.2 Å². The number of hydrogen-bond acceptors (Lipinski definition) is 4. The molecule has 0 aliphatic rings. The molecule has 1 atom stereocenters. The third-order valence-electron chi connectivity index (χ3n) is 2.12. The molecule has 14 heavy (non-hydrogen) atoms. The second-order valence-electron chi connectivity index (χ2n) is 2.94. The third-order valence-corrected chi connectivity index (χ3v) is 3.61. The van der Waals surface area contributed by atoms with E-state index in [1.807, 2.05) is 0 Å². The maximum Gasteiger partial charge on any atom is 0.243 e. The van der Waals surface area contributed by atoms with E-state index in [2.05, 4.69) is 4.98 Å². The van der Waals surface area contributed by atoms with Gasteiger partial charge in [-0.25, -0.2) is 13.6 Å². The third kappa shape index (κ3) is 1.77. The van der Waals surface area contributed by atoms with Crippen LogP contribution in [0.3, 0.4) is 0 Å². The number of nitrogens with two attached hydrogens (primary N) is 1. The van der Waals surface area contributed by atoms with Crippen LogP contribution in [0.4, 0.5) is 0 Å². The van der Waals surface area contributed by atoms with Crippen LogP contribution < -0.4 is 5.14 Å². The van der Waals surface area contributed by atoms with Gasteiger partial charge < -0.3 is 4.74 Å². The first-order valence-electron chi connectivity index (χ1n) is 3.90. The van der Waals surface area contributed by atoms with Gasteiger partial charge in [-0.1, -0.05) is 6.07 Å². The fraction of sp³-hybridized carbons (Fsp3) is 0.375. The van der Waals surface area contributed by atoms with E-state index in [1.165, 1.54) is 20.2 Å². The smallest absolute Gasteiger partial charge is 0.243 e. The molecule has 1 unspecified atom stereocenters. The van der Waals surface area contributed by atoms with Crippen molar-refractivity contribution in [2.75, 3.05) is 7.11 Å². The van der Waals surface area contributed by atoms with Crippen molar-refractivity contribution >= 4 is 10.0 Å². The van der Waals surface area contributed by atoms with Crippen LogP contribution in [0.1, 0.15) is 12.5 Å². The van der Waals surface area contributed by atoms with Crippen LogP contribution in [-0.2, 0) is 19.7 Å². The summed E-state index contributed by atoms with van der Waals surface area (Å²) in [5.74, 6) is 0. The number of rotatable bonds is 3. The molecule has 1 heterocycles. The number of pyridine rings is 1. The summed E-state index contributed by atoms with van der Waals surface area (Å²) < 4.78 is 27.6. The summed E-state index contributed by atoms with van der Waals surface area (Å²) in [4.78, 5) is 2.27. The second kappa shape index (κ2) is 3.64. The highest BCUT2D eigenvalue weighted by atomic mass is 32.2. The van der Waals surface area contributed by atoms with Crippen LogP contribution in [0.5, 0.6) is 0 Å². The Kier molecular flexibility index (Phi) is 2.89. The Morgan fingerprint density at radius 3 is 2.57 bits per heavy atom. The summed E-state index contributed by atoms with van der Waals surface area (Å²) in [6.07, 6.45) is 2.95. The molecule has 0 saturated heterocycles. The number of hydrogen-bond donors (Lipinski definition) is 1. The van der Waals surface area contributed by atoms with Crippen molar-refractivity contribution in [2.24, 2.45) is 5.14 Å². The van der Waals surface area contributed by atoms with E-state index in [9.17, 15) is 8.42 Å². The van der Waals surface area contributed by atoms with Gasteiger partial charge in [0, 0.05) is 25.1 Å². The van der Waals surface area contributed by atoms with E-state index in [1.54, 1.807) is 18.3 Å². The van der Waals surface area contributed by atoms with Crippen molar-refractivity contribution in [1.29, 1.82) is 0 Å². The fourth-order valence-electron chi connectivity index (χ4n) is 1.03. The van der Waals surface area contributed by atoms with Gasteiger partial charge in [-0.15, -0.1) is 0 Å². The van der Waals surface area contributed by atoms with Crippen LogP contribution in [-0.4, -0.2) is 20.5 Å². The molecule has 0 radical (unpaired) electrons. The standard InChI is InChI=1S/C8H12N2O3S/c1-8(13-2,14(9,11)12)7-4-3-5-10-6-7/h3-6H,1-2H3,(H2,9,11,12). The van der Waals surface area contributed by atoms with Gasteiger partial charge in [0.05, 0.1) is 0 Å². The summed E-state index contributed by atoms with van der Waals surface area (Å²) >= 11 is 0. The molecule has 0 fully saturated rings. The Balaban J connectivity index is 3.30. The predicted molar refractivity (Wildman–Crippen MR) is 51.7 cm³/mol. The van der Waals surface area contributed by atoms with Crippen LogP contribution in [0, 0.1) is 0 Å². The predicted octanol–water partition coefficient (Wildman–Crippen LogP) is 0.189. The van der Waals surface area contributed by atoms with Gasteiger partial charge >= 0.3 is 0 Å². The van der Waals surface area contributed by atoms with Gasteiger partial charge in [0.2, 0.25) is 15.0 Å². The molecule has 0 amide bonds. The highest BCUT2D eigenvalue weighted by molar-refractivity contribution is 7.89. The topological polar surface area (TPSA) is 82.3 Å². The van der Waals surface area contributed by atoms with E-state index in [4.69, 9.17) is 9.88 Å². The molecule has 0 aliphatic heterocycles. The number of sulfonamides is 1. The van der Waals surface area contributed by atoms with Crippen LogP contribution in [0.25, 0.3) is 0 Å². The lowest BCUT2D eigenvalue weighted by molar-refractivity contribution is 0.0753. The molecule has 78 valence electrons. The van der Waals surface area contributed by atoms with Crippen LogP contribution in [0.2, 0.25) is 0 Å². The first-order chi connectivity index (χ1) is 6.42. The summed E-state index contributed by atoms with van der Waals surface area (Å²) in [6, 6.07) is 3.22. The van der Waals surface area contributed by atoms with E-state index >= 15 is 0 Å². The number of methoxy groups -OCH3 is 1. The van der Waals surface area contributed by atoms with Crippen molar-refractivity contribution in [1.82, 2.24) is 4.98 Å². The zero-order chi connectivity index (χ0) is 10.8. The Labute approximate surface area is 83.0 Å². The molecule has 1 aromatic rings. The highest BCUT2D eigenvalue weighted by Crippen LogP contribution is 2.27. The van der Waals surface area contributed by atoms with E-state index in [-0.39, 0.29) is 0 Å². The lowest BCUT2D eigenvalue weighted by atomic mass is 10.2. The minimum Gasteiger partial charge on any atom is -0.357 e. The Hall–Kier alpha value is -0.980. The summed E-state index contributed by atoms with van der Waals surface area (Å²) in [5, 5.41) is 5.08. The molecule has 0 aliphatic carbocycles. The molecule has 0 spiro atoms. The average Bonchev–Trinajstić information content (AvgIpc) is 2.16. The minimum absolute atomic E-state index is 0.407. The van der Waals surface area contributed by atoms with Crippen molar-refractivity contribution in [3.05, 3.63) is 30.1 Å². The summed E-state index contributed by atoms with van der Waals surface area (Å²) in [6.45, 7) is 1.39. The molecule has 2 N–H and O–H groups in total. The van der Waals surface area contributed by atoms with E-state index < -0.39 is 15.0 Å². The Morgan fingerprint density at radius 1 is 1.57 bits per heavy atom. The monoisotopic (exact) mass is 216 g/mol. The number of primary sulfonamides is 1. The van der Waals surface area contributed by atoms with Crippen LogP contribution >= 0.6 is 0 Å². The molecule has 6 heteroatoms. The van der Waals surface area contributed by atoms with Crippen LogP contribution in [0.15, 0.2) is 24.5 Å². The molecule has 0 saturated carbocycles. The van der Waals surface area contributed by atoms with Crippen molar-refractivity contribution in [3.8, 4) is 0 Å². The molecular weight excluding hydrogens is 204 g/mol. The van der Waals surface area contributed by atoms with Gasteiger partial charge in [-0.05, 0) is 13.0 Å². The summed E-state index contributed by atoms with van der Waals surface area (Å²) in [5.41, 5.74) is 0.407. The first kappa shape index (κ1) is 11.1. The molecule has 5 nitrogen and oxygen atoms in total. The van der Waals surface area contributed by atoms with E-state index in [0.717, 1.165) is 0 Å². The van der Waals surface area contributed by atoms with Gasteiger partial charge in [0.25, 0.3) is 0 Å². The van der Waals surface area contributed by atoms with Gasteiger partial charge in [0.15, 0.2) is 0 Å². The zero-order valence-electron chi connectivity index (χ0n) is 7.97. The lowest BCUT2D eigenvalue weighted by Gasteiger charge is -2.25. The van der Waals surface area contributed by atoms with Gasteiger partial charge in [0.1, 0.15) is 0 Å². The second-order valence-corrected chi connectivity index (χ2v) is 4.81. The first-order valence-corrected chi connectivity index (χ1v) is 5.44. The molecular formula is C8H12N2O3S. The number of ether oxygens (including phenoxy) is 1. The maximum atomic E-state index is 11.3. The zero-order valence-corrected chi connectivity index (χ0v) is 8.78. The van der Waals surface area contributed by atoms with Gasteiger partial charge in [-0.3, -0.25) is 4.98 Å². The average molecular weight is 216 g/mol. The van der Waals surface area contributed by atoms with E-state index in [0.29, 0.717) is 5.56 Å². The van der Waals surface area contributed by atoms with Crippen molar-refractivity contribution in [3.63, 3.8) is 0 Å². The number of nitrogens with zero attached hydrogens (tertiary/aromatic N) is 1. The maximum absolute atomic E-state index is 11.3. The largest absolute Gasteiger partial charge is 0.357 e. The molecule has 1 rings (SSSR count). The molecule has 0 aromatic carbocycles. The van der Waals surface area contributed by atoms with Crippen molar-refractivity contribution in [2.45, 2.75) is 11.9 Å². The summed E-state index contributed by atoms with van der Waals surface area (Å²) in [7, 11) is -2.54. The molecule has 1 aromatic heterocycles. The Bertz CT molecular complexity index is 404. The highest BCUT2D eigenvalue weighted by Gasteiger charge is 2.38. The minimum atomic E-state index is -3.83. The SMILES string of the molecule is COC(C)(c1cccnc1)S(N)(=O)=O. The van der Waals surface area contributed by atoms with Gasteiger partial charge in [-0.2, -0.15) is 0 Å². The Morgan fingerprint density at radius 2 is 2.21 bits per heavy atom. The lowest BCUT2D eigenvalue weighted by Crippen LogP contribution is -2.39.